The van der Waals surface area contributed by atoms with Crippen molar-refractivity contribution in [2.24, 2.45) is 0 Å². The molecule has 0 radical (unpaired) electrons. The van der Waals surface area contributed by atoms with Gasteiger partial charge in [0.25, 0.3) is 0 Å². The molecule has 1 aromatic carbocycles. The molecule has 2 rings (SSSR count). The van der Waals surface area contributed by atoms with Crippen LogP contribution in [0.1, 0.15) is 43.5 Å². The lowest BCUT2D eigenvalue weighted by molar-refractivity contribution is 0.0889. The van der Waals surface area contributed by atoms with Crippen LogP contribution in [-0.4, -0.2) is 29.3 Å². The number of hydrogen-bond acceptors (Lipinski definition) is 2. The summed E-state index contributed by atoms with van der Waals surface area (Å²) in [4.78, 5) is 14.4. The predicted octanol–water partition coefficient (Wildman–Crippen LogP) is 3.27. The Morgan fingerprint density at radius 2 is 2.00 bits per heavy atom. The first-order valence-corrected chi connectivity index (χ1v) is 6.66. The van der Waals surface area contributed by atoms with E-state index in [4.69, 9.17) is 0 Å². The summed E-state index contributed by atoms with van der Waals surface area (Å²) in [6, 6.07) is 6.82. The molecule has 1 fully saturated rings. The zero-order chi connectivity index (χ0) is 13.1. The van der Waals surface area contributed by atoms with E-state index in [1.54, 1.807) is 12.1 Å². The number of Topliss-reactive ketones (excluding diaryl/α,β-unsaturated/α-hetero) is 1. The van der Waals surface area contributed by atoms with Crippen molar-refractivity contribution < 1.29 is 9.18 Å². The molecule has 0 bridgehead atoms. The van der Waals surface area contributed by atoms with E-state index in [9.17, 15) is 9.18 Å². The summed E-state index contributed by atoms with van der Waals surface area (Å²) in [5.74, 6) is -0.213. The Balaban J connectivity index is 2.04. The Labute approximate surface area is 108 Å². The molecule has 1 heterocycles. The van der Waals surface area contributed by atoms with Crippen molar-refractivity contribution in [2.45, 2.75) is 45.2 Å². The maximum Gasteiger partial charge on any atom is 0.176 e. The second-order valence-corrected chi connectivity index (χ2v) is 5.09. The van der Waals surface area contributed by atoms with Gasteiger partial charge >= 0.3 is 0 Å². The molecular formula is C15H20FNO. The molecule has 0 spiro atoms. The van der Waals surface area contributed by atoms with Gasteiger partial charge in [0, 0.05) is 17.6 Å². The van der Waals surface area contributed by atoms with E-state index in [0.717, 1.165) is 12.8 Å². The molecule has 18 heavy (non-hydrogen) atoms. The largest absolute Gasteiger partial charge is 0.293 e. The highest BCUT2D eigenvalue weighted by Gasteiger charge is 2.30. The number of nitrogens with zero attached hydrogens (tertiary/aromatic N) is 1. The maximum atomic E-state index is 12.8. The summed E-state index contributed by atoms with van der Waals surface area (Å²) >= 11 is 0. The molecule has 1 aliphatic heterocycles. The molecule has 2 atom stereocenters. The average Bonchev–Trinajstić information content (AvgIpc) is 2.71. The van der Waals surface area contributed by atoms with Gasteiger partial charge in [-0.25, -0.2) is 4.39 Å². The lowest BCUT2D eigenvalue weighted by atomic mass is 10.1. The quantitative estimate of drug-likeness (QED) is 0.763. The first-order valence-electron chi connectivity index (χ1n) is 6.66. The monoisotopic (exact) mass is 249 g/mol. The smallest absolute Gasteiger partial charge is 0.176 e. The number of carbonyl (C=O) groups excluding carboxylic acids is 1. The summed E-state index contributed by atoms with van der Waals surface area (Å²) < 4.78 is 12.8. The van der Waals surface area contributed by atoms with Crippen molar-refractivity contribution in [1.82, 2.24) is 4.90 Å². The maximum absolute atomic E-state index is 12.8. The van der Waals surface area contributed by atoms with E-state index < -0.39 is 0 Å². The van der Waals surface area contributed by atoms with Gasteiger partial charge in [-0.2, -0.15) is 0 Å². The molecule has 98 valence electrons. The molecule has 0 saturated carbocycles. The average molecular weight is 249 g/mol. The number of likely N-dealkylation sites (tertiary alicyclic amines) is 1. The van der Waals surface area contributed by atoms with Crippen molar-refractivity contribution in [3.8, 4) is 0 Å². The highest BCUT2D eigenvalue weighted by atomic mass is 19.1. The number of rotatable bonds is 4. The minimum atomic E-state index is -0.299. The van der Waals surface area contributed by atoms with Crippen molar-refractivity contribution in [3.05, 3.63) is 35.6 Å². The number of carbonyl (C=O) groups is 1. The standard InChI is InChI=1S/C15H20FNO/c1-3-14-9-4-11(2)17(14)10-15(18)12-5-7-13(16)8-6-12/h5-8,11,14H,3-4,9-10H2,1-2H3. The van der Waals surface area contributed by atoms with Crippen molar-refractivity contribution in [1.29, 1.82) is 0 Å². The van der Waals surface area contributed by atoms with Crippen LogP contribution in [0.5, 0.6) is 0 Å². The number of benzene rings is 1. The Morgan fingerprint density at radius 3 is 2.61 bits per heavy atom. The first kappa shape index (κ1) is 13.2. The molecule has 2 unspecified atom stereocenters. The van der Waals surface area contributed by atoms with Crippen LogP contribution in [0, 0.1) is 5.82 Å². The van der Waals surface area contributed by atoms with Crippen LogP contribution in [0.4, 0.5) is 4.39 Å². The van der Waals surface area contributed by atoms with Crippen LogP contribution in [-0.2, 0) is 0 Å². The Hall–Kier alpha value is -1.22. The zero-order valence-electron chi connectivity index (χ0n) is 11.0. The van der Waals surface area contributed by atoms with E-state index in [2.05, 4.69) is 18.7 Å². The van der Waals surface area contributed by atoms with Crippen LogP contribution in [0.2, 0.25) is 0 Å². The molecule has 1 aromatic rings. The van der Waals surface area contributed by atoms with Crippen LogP contribution < -0.4 is 0 Å². The van der Waals surface area contributed by atoms with E-state index >= 15 is 0 Å². The molecule has 1 aliphatic rings. The van der Waals surface area contributed by atoms with Crippen LogP contribution in [0.25, 0.3) is 0 Å². The minimum Gasteiger partial charge on any atom is -0.293 e. The predicted molar refractivity (Wildman–Crippen MR) is 70.2 cm³/mol. The molecule has 2 nitrogen and oxygen atoms in total. The zero-order valence-corrected chi connectivity index (χ0v) is 11.0. The van der Waals surface area contributed by atoms with Gasteiger partial charge in [-0.15, -0.1) is 0 Å². The highest BCUT2D eigenvalue weighted by molar-refractivity contribution is 5.97. The normalized spacial score (nSPS) is 24.4. The van der Waals surface area contributed by atoms with Crippen LogP contribution in [0.15, 0.2) is 24.3 Å². The third-order valence-electron chi connectivity index (χ3n) is 3.92. The van der Waals surface area contributed by atoms with Gasteiger partial charge in [-0.05, 0) is 50.5 Å². The van der Waals surface area contributed by atoms with Gasteiger partial charge in [0.15, 0.2) is 5.78 Å². The van der Waals surface area contributed by atoms with E-state index in [1.807, 2.05) is 0 Å². The second-order valence-electron chi connectivity index (χ2n) is 5.09. The Morgan fingerprint density at radius 1 is 1.33 bits per heavy atom. The lowest BCUT2D eigenvalue weighted by Gasteiger charge is -2.26. The molecule has 1 saturated heterocycles. The van der Waals surface area contributed by atoms with Gasteiger partial charge in [0.2, 0.25) is 0 Å². The minimum absolute atomic E-state index is 0.0854. The van der Waals surface area contributed by atoms with Crippen LogP contribution >= 0.6 is 0 Å². The molecule has 3 heteroatoms. The van der Waals surface area contributed by atoms with Gasteiger partial charge < -0.3 is 0 Å². The first-order chi connectivity index (χ1) is 8.61. The van der Waals surface area contributed by atoms with Crippen molar-refractivity contribution in [3.63, 3.8) is 0 Å². The van der Waals surface area contributed by atoms with Gasteiger partial charge in [0.1, 0.15) is 5.82 Å². The second kappa shape index (κ2) is 5.61. The molecular weight excluding hydrogens is 229 g/mol. The molecule has 0 amide bonds. The van der Waals surface area contributed by atoms with Gasteiger partial charge in [0.05, 0.1) is 6.54 Å². The summed E-state index contributed by atoms with van der Waals surface area (Å²) in [5.41, 5.74) is 0.602. The van der Waals surface area contributed by atoms with Gasteiger partial charge in [-0.3, -0.25) is 9.69 Å². The summed E-state index contributed by atoms with van der Waals surface area (Å²) in [6.07, 6.45) is 3.42. The summed E-state index contributed by atoms with van der Waals surface area (Å²) in [5, 5.41) is 0. The molecule has 0 aromatic heterocycles. The third kappa shape index (κ3) is 2.78. The Kier molecular flexibility index (Phi) is 4.12. The van der Waals surface area contributed by atoms with Gasteiger partial charge in [-0.1, -0.05) is 6.92 Å². The van der Waals surface area contributed by atoms with E-state index in [-0.39, 0.29) is 11.6 Å². The fraction of sp³-hybridized carbons (Fsp3) is 0.533. The highest BCUT2D eigenvalue weighted by Crippen LogP contribution is 2.26. The SMILES string of the molecule is CCC1CCC(C)N1CC(=O)c1ccc(F)cc1. The van der Waals surface area contributed by atoms with Crippen molar-refractivity contribution >= 4 is 5.78 Å². The fourth-order valence-electron chi connectivity index (χ4n) is 2.74. The lowest BCUT2D eigenvalue weighted by Crippen LogP contribution is -2.38. The Bertz CT molecular complexity index is 415. The number of hydrogen-bond donors (Lipinski definition) is 0. The van der Waals surface area contributed by atoms with E-state index in [1.165, 1.54) is 18.6 Å². The fourth-order valence-corrected chi connectivity index (χ4v) is 2.74. The molecule has 0 N–H and O–H groups in total. The van der Waals surface area contributed by atoms with Crippen molar-refractivity contribution in [2.75, 3.05) is 6.54 Å². The van der Waals surface area contributed by atoms with E-state index in [0.29, 0.717) is 24.2 Å². The third-order valence-corrected chi connectivity index (χ3v) is 3.92. The topological polar surface area (TPSA) is 20.3 Å². The summed E-state index contributed by atoms with van der Waals surface area (Å²) in [6.45, 7) is 4.79. The number of ketones is 1. The molecule has 0 aliphatic carbocycles. The summed E-state index contributed by atoms with van der Waals surface area (Å²) in [7, 11) is 0. The van der Waals surface area contributed by atoms with Crippen LogP contribution in [0.3, 0.4) is 0 Å². The number of halogens is 1.